The molecule has 0 saturated heterocycles. The fourth-order valence-corrected chi connectivity index (χ4v) is 1.04. The van der Waals surface area contributed by atoms with Gasteiger partial charge in [-0.3, -0.25) is 0 Å². The van der Waals surface area contributed by atoms with Gasteiger partial charge >= 0.3 is 0 Å². The van der Waals surface area contributed by atoms with Gasteiger partial charge < -0.3 is 9.84 Å². The van der Waals surface area contributed by atoms with Gasteiger partial charge in [0.1, 0.15) is 0 Å². The second-order valence-electron chi connectivity index (χ2n) is 3.43. The van der Waals surface area contributed by atoms with Crippen LogP contribution in [0, 0.1) is 5.92 Å². The topological polar surface area (TPSA) is 29.5 Å². The molecule has 0 rings (SSSR count). The van der Waals surface area contributed by atoms with E-state index in [-0.39, 0.29) is 6.10 Å². The van der Waals surface area contributed by atoms with Crippen molar-refractivity contribution in [3.8, 4) is 0 Å². The summed E-state index contributed by atoms with van der Waals surface area (Å²) in [5, 5.41) is 9.24. The van der Waals surface area contributed by atoms with Crippen LogP contribution in [0.15, 0.2) is 0 Å². The molecule has 2 heteroatoms. The van der Waals surface area contributed by atoms with E-state index < -0.39 is 0 Å². The molecule has 0 saturated carbocycles. The second-order valence-corrected chi connectivity index (χ2v) is 3.43. The van der Waals surface area contributed by atoms with Gasteiger partial charge in [0.05, 0.1) is 12.7 Å². The molecular formula is C9H20O2. The molecule has 68 valence electrons. The molecule has 1 unspecified atom stereocenters. The van der Waals surface area contributed by atoms with E-state index in [9.17, 15) is 5.11 Å². The first-order valence-electron chi connectivity index (χ1n) is 4.33. The lowest BCUT2D eigenvalue weighted by atomic mass is 10.0. The Morgan fingerprint density at radius 3 is 2.36 bits per heavy atom. The van der Waals surface area contributed by atoms with E-state index in [2.05, 4.69) is 13.8 Å². The van der Waals surface area contributed by atoms with Crippen molar-refractivity contribution in [2.75, 3.05) is 13.7 Å². The molecule has 0 fully saturated rings. The monoisotopic (exact) mass is 160 g/mol. The molecule has 0 radical (unpaired) electrons. The summed E-state index contributed by atoms with van der Waals surface area (Å²) in [5.41, 5.74) is 0. The van der Waals surface area contributed by atoms with Crippen molar-refractivity contribution < 1.29 is 9.84 Å². The summed E-state index contributed by atoms with van der Waals surface area (Å²) < 4.78 is 4.81. The van der Waals surface area contributed by atoms with Gasteiger partial charge in [0.25, 0.3) is 0 Å². The summed E-state index contributed by atoms with van der Waals surface area (Å²) in [6.07, 6.45) is 2.90. The van der Waals surface area contributed by atoms with Gasteiger partial charge in [-0.2, -0.15) is 0 Å². The maximum atomic E-state index is 9.24. The number of hydrogen-bond donors (Lipinski definition) is 1. The molecule has 0 aliphatic heterocycles. The first kappa shape index (κ1) is 10.9. The average Bonchev–Trinajstić information content (AvgIpc) is 1.87. The molecule has 0 aliphatic rings. The molecule has 1 atom stereocenters. The number of rotatable bonds is 6. The Balaban J connectivity index is 3.10. The lowest BCUT2D eigenvalue weighted by Crippen LogP contribution is -2.13. The summed E-state index contributed by atoms with van der Waals surface area (Å²) in [4.78, 5) is 0. The minimum absolute atomic E-state index is 0.265. The van der Waals surface area contributed by atoms with Gasteiger partial charge in [0.2, 0.25) is 0 Å². The lowest BCUT2D eigenvalue weighted by Gasteiger charge is -2.09. The molecule has 0 heterocycles. The van der Waals surface area contributed by atoms with E-state index in [1.54, 1.807) is 7.11 Å². The highest BCUT2D eigenvalue weighted by atomic mass is 16.5. The van der Waals surface area contributed by atoms with Crippen molar-refractivity contribution in [2.24, 2.45) is 5.92 Å². The van der Waals surface area contributed by atoms with Crippen LogP contribution in [0.1, 0.15) is 33.1 Å². The zero-order valence-electron chi connectivity index (χ0n) is 7.84. The quantitative estimate of drug-likeness (QED) is 0.642. The van der Waals surface area contributed by atoms with Crippen LogP contribution in [-0.4, -0.2) is 24.9 Å². The van der Waals surface area contributed by atoms with Gasteiger partial charge in [-0.05, 0) is 12.3 Å². The van der Waals surface area contributed by atoms with Crippen molar-refractivity contribution in [3.05, 3.63) is 0 Å². The van der Waals surface area contributed by atoms with E-state index in [1.165, 1.54) is 6.42 Å². The fourth-order valence-electron chi connectivity index (χ4n) is 1.04. The molecule has 0 bridgehead atoms. The van der Waals surface area contributed by atoms with Crippen LogP contribution in [0.5, 0.6) is 0 Å². The molecule has 0 amide bonds. The second kappa shape index (κ2) is 6.62. The molecule has 0 aromatic carbocycles. The fraction of sp³-hybridized carbons (Fsp3) is 1.00. The van der Waals surface area contributed by atoms with Crippen molar-refractivity contribution in [3.63, 3.8) is 0 Å². The van der Waals surface area contributed by atoms with Crippen LogP contribution < -0.4 is 0 Å². The van der Waals surface area contributed by atoms with Crippen LogP contribution in [-0.2, 0) is 4.74 Å². The Hall–Kier alpha value is -0.0800. The van der Waals surface area contributed by atoms with E-state index in [0.717, 1.165) is 18.8 Å². The number of aliphatic hydroxyl groups is 1. The maximum Gasteiger partial charge on any atom is 0.0773 e. The van der Waals surface area contributed by atoms with Gasteiger partial charge in [0, 0.05) is 7.11 Å². The van der Waals surface area contributed by atoms with Crippen LogP contribution in [0.2, 0.25) is 0 Å². The highest BCUT2D eigenvalue weighted by Crippen LogP contribution is 2.08. The average molecular weight is 160 g/mol. The Kier molecular flexibility index (Phi) is 6.57. The summed E-state index contributed by atoms with van der Waals surface area (Å²) >= 11 is 0. The van der Waals surface area contributed by atoms with E-state index in [0.29, 0.717) is 6.61 Å². The number of ether oxygens (including phenoxy) is 1. The van der Waals surface area contributed by atoms with Crippen LogP contribution in [0.3, 0.4) is 0 Å². The maximum absolute atomic E-state index is 9.24. The third-order valence-corrected chi connectivity index (χ3v) is 1.68. The normalized spacial score (nSPS) is 13.9. The molecule has 0 aliphatic carbocycles. The highest BCUT2D eigenvalue weighted by molar-refractivity contribution is 4.55. The number of aliphatic hydroxyl groups excluding tert-OH is 1. The zero-order valence-corrected chi connectivity index (χ0v) is 7.84. The largest absolute Gasteiger partial charge is 0.391 e. The Morgan fingerprint density at radius 1 is 1.27 bits per heavy atom. The van der Waals surface area contributed by atoms with E-state index >= 15 is 0 Å². The van der Waals surface area contributed by atoms with Gasteiger partial charge in [-0.1, -0.05) is 26.7 Å². The summed E-state index contributed by atoms with van der Waals surface area (Å²) in [6, 6.07) is 0. The molecule has 0 spiro atoms. The third kappa shape index (κ3) is 7.82. The van der Waals surface area contributed by atoms with Crippen molar-refractivity contribution in [2.45, 2.75) is 39.2 Å². The molecule has 11 heavy (non-hydrogen) atoms. The van der Waals surface area contributed by atoms with Crippen LogP contribution in [0.25, 0.3) is 0 Å². The number of hydrogen-bond acceptors (Lipinski definition) is 2. The SMILES string of the molecule is COCC(O)CCCC(C)C. The molecule has 0 aromatic heterocycles. The zero-order chi connectivity index (χ0) is 8.69. The van der Waals surface area contributed by atoms with Gasteiger partial charge in [0.15, 0.2) is 0 Å². The first-order valence-corrected chi connectivity index (χ1v) is 4.33. The van der Waals surface area contributed by atoms with Crippen molar-refractivity contribution in [1.29, 1.82) is 0 Å². The predicted molar refractivity (Wildman–Crippen MR) is 46.6 cm³/mol. The molecule has 0 aromatic rings. The Morgan fingerprint density at radius 2 is 1.91 bits per heavy atom. The van der Waals surface area contributed by atoms with Crippen molar-refractivity contribution in [1.82, 2.24) is 0 Å². The summed E-state index contributed by atoms with van der Waals surface area (Å²) in [7, 11) is 1.62. The molecule has 2 nitrogen and oxygen atoms in total. The summed E-state index contributed by atoms with van der Waals surface area (Å²) in [5.74, 6) is 0.741. The number of methoxy groups -OCH3 is 1. The highest BCUT2D eigenvalue weighted by Gasteiger charge is 2.02. The first-order chi connectivity index (χ1) is 5.16. The summed E-state index contributed by atoms with van der Waals surface area (Å²) in [6.45, 7) is 4.86. The molecule has 1 N–H and O–H groups in total. The Labute approximate surface area is 69.6 Å². The van der Waals surface area contributed by atoms with Crippen LogP contribution >= 0.6 is 0 Å². The third-order valence-electron chi connectivity index (χ3n) is 1.68. The lowest BCUT2D eigenvalue weighted by molar-refractivity contribution is 0.0571. The van der Waals surface area contributed by atoms with Gasteiger partial charge in [-0.25, -0.2) is 0 Å². The van der Waals surface area contributed by atoms with Crippen LogP contribution in [0.4, 0.5) is 0 Å². The smallest absolute Gasteiger partial charge is 0.0773 e. The van der Waals surface area contributed by atoms with E-state index in [4.69, 9.17) is 4.74 Å². The minimum atomic E-state index is -0.265. The van der Waals surface area contributed by atoms with Gasteiger partial charge in [-0.15, -0.1) is 0 Å². The molecular weight excluding hydrogens is 140 g/mol. The van der Waals surface area contributed by atoms with Crippen molar-refractivity contribution >= 4 is 0 Å². The van der Waals surface area contributed by atoms with E-state index in [1.807, 2.05) is 0 Å². The Bertz CT molecular complexity index is 81.6. The standard InChI is InChI=1S/C9H20O2/c1-8(2)5-4-6-9(10)7-11-3/h8-10H,4-7H2,1-3H3. The predicted octanol–water partition coefficient (Wildman–Crippen LogP) is 1.82. The minimum Gasteiger partial charge on any atom is -0.391 e.